The lowest BCUT2D eigenvalue weighted by Crippen LogP contribution is -2.57. The Hall–Kier alpha value is -3.18. The average Bonchev–Trinajstić information content (AvgIpc) is 3.07. The van der Waals surface area contributed by atoms with E-state index in [2.05, 4.69) is 0 Å². The molecule has 3 aromatic carbocycles. The van der Waals surface area contributed by atoms with E-state index in [0.29, 0.717) is 0 Å². The number of carbonyl (C=O) groups is 2. The minimum Gasteiger partial charge on any atom is -0.492 e. The van der Waals surface area contributed by atoms with Crippen molar-refractivity contribution in [1.82, 2.24) is 4.90 Å². The highest BCUT2D eigenvalue weighted by Crippen LogP contribution is 2.45. The van der Waals surface area contributed by atoms with Gasteiger partial charge in [-0.2, -0.15) is 8.42 Å². The first-order valence-electron chi connectivity index (χ1n) is 10.7. The van der Waals surface area contributed by atoms with E-state index in [1.165, 1.54) is 26.2 Å². The number of methoxy groups -OCH3 is 1. The molecule has 3 aromatic rings. The zero-order chi connectivity index (χ0) is 27.1. The minimum atomic E-state index is -4.71. The van der Waals surface area contributed by atoms with E-state index < -0.39 is 45.6 Å². The molecule has 4 rings (SSSR count). The van der Waals surface area contributed by atoms with E-state index in [4.69, 9.17) is 32.7 Å². The molecule has 1 N–H and O–H groups in total. The lowest BCUT2D eigenvalue weighted by molar-refractivity contribution is 0.0385. The molecule has 37 heavy (non-hydrogen) atoms. The van der Waals surface area contributed by atoms with Crippen LogP contribution in [0.25, 0.3) is 11.1 Å². The maximum atomic E-state index is 14.7. The first-order chi connectivity index (χ1) is 17.4. The van der Waals surface area contributed by atoms with Gasteiger partial charge in [-0.05, 0) is 37.3 Å². The highest BCUT2D eigenvalue weighted by molar-refractivity contribution is 7.85. The number of amides is 2. The lowest BCUT2D eigenvalue weighted by Gasteiger charge is -2.36. The van der Waals surface area contributed by atoms with E-state index in [1.807, 2.05) is 0 Å². The molecule has 8 nitrogen and oxygen atoms in total. The predicted molar refractivity (Wildman–Crippen MR) is 136 cm³/mol. The van der Waals surface area contributed by atoms with E-state index in [-0.39, 0.29) is 43.8 Å². The number of hydrogen-bond donors (Lipinski definition) is 1. The number of carbonyl (C=O) groups excluding carboxylic acids is 2. The molecule has 0 bridgehead atoms. The molecule has 1 atom stereocenters. The van der Waals surface area contributed by atoms with Crippen molar-refractivity contribution in [2.75, 3.05) is 19.5 Å². The van der Waals surface area contributed by atoms with Gasteiger partial charge in [-0.25, -0.2) is 4.39 Å². The number of imide groups is 1. The fourth-order valence-corrected chi connectivity index (χ4v) is 5.90. The van der Waals surface area contributed by atoms with Crippen LogP contribution in [0, 0.1) is 5.82 Å². The van der Waals surface area contributed by atoms with Crippen LogP contribution in [0.15, 0.2) is 54.6 Å². The Kier molecular flexibility index (Phi) is 7.22. The number of nitrogens with zero attached hydrogens (tertiary/aromatic N) is 1. The van der Waals surface area contributed by atoms with Crippen molar-refractivity contribution in [1.29, 1.82) is 0 Å². The Bertz CT molecular complexity index is 1470. The molecule has 1 heterocycles. The molecule has 0 saturated heterocycles. The normalized spacial score (nSPS) is 14.9. The average molecular weight is 568 g/mol. The van der Waals surface area contributed by atoms with E-state index in [0.717, 1.165) is 17.0 Å². The highest BCUT2D eigenvalue weighted by atomic mass is 35.5. The molecule has 1 aliphatic heterocycles. The van der Waals surface area contributed by atoms with Crippen LogP contribution in [0.1, 0.15) is 27.6 Å². The number of fused-ring (bicyclic) bond motifs is 1. The van der Waals surface area contributed by atoms with Crippen molar-refractivity contribution in [2.24, 2.45) is 0 Å². The molecule has 0 saturated carbocycles. The standard InChI is InChI=1S/C25H20Cl2FNO7S/c1-25(13-37(32,33)34,29-23(30)15-6-3-4-7-16(15)24(29)31)12-36-20-11-14(28)10-17(22(20)35-2)21-18(26)8-5-9-19(21)27/h3-11H,12-13H2,1-2H3,(H,32,33,34). The van der Waals surface area contributed by atoms with Gasteiger partial charge in [0.15, 0.2) is 11.5 Å². The molecule has 0 radical (unpaired) electrons. The fraction of sp³-hybridized carbons (Fsp3) is 0.200. The number of benzene rings is 3. The van der Waals surface area contributed by atoms with Crippen LogP contribution in [-0.2, 0) is 10.1 Å². The van der Waals surface area contributed by atoms with Crippen molar-refractivity contribution in [3.05, 3.63) is 81.6 Å². The first kappa shape index (κ1) is 26.9. The number of hydrogen-bond acceptors (Lipinski definition) is 6. The maximum absolute atomic E-state index is 14.7. The molecule has 1 unspecified atom stereocenters. The molecule has 0 spiro atoms. The Morgan fingerprint density at radius 2 is 1.54 bits per heavy atom. The monoisotopic (exact) mass is 567 g/mol. The van der Waals surface area contributed by atoms with Gasteiger partial charge in [-0.15, -0.1) is 0 Å². The predicted octanol–water partition coefficient (Wildman–Crippen LogP) is 5.13. The SMILES string of the molecule is COc1c(OCC(C)(CS(=O)(=O)O)N2C(=O)c3ccccc3C2=O)cc(F)cc1-c1c(Cl)cccc1Cl. The number of halogens is 3. The summed E-state index contributed by atoms with van der Waals surface area (Å²) < 4.78 is 59.5. The largest absolute Gasteiger partial charge is 0.492 e. The minimum absolute atomic E-state index is 0.0213. The molecule has 0 aromatic heterocycles. The van der Waals surface area contributed by atoms with Gasteiger partial charge in [0.2, 0.25) is 0 Å². The van der Waals surface area contributed by atoms with Gasteiger partial charge >= 0.3 is 0 Å². The van der Waals surface area contributed by atoms with Crippen LogP contribution in [0.3, 0.4) is 0 Å². The van der Waals surface area contributed by atoms with E-state index in [1.54, 1.807) is 30.3 Å². The quantitative estimate of drug-likeness (QED) is 0.296. The Morgan fingerprint density at radius 1 is 0.973 bits per heavy atom. The van der Waals surface area contributed by atoms with Gasteiger partial charge in [0.25, 0.3) is 21.9 Å². The van der Waals surface area contributed by atoms with Crippen LogP contribution < -0.4 is 9.47 Å². The molecule has 12 heteroatoms. The zero-order valence-corrected chi connectivity index (χ0v) is 21.8. The molecule has 0 fully saturated rings. The summed E-state index contributed by atoms with van der Waals surface area (Å²) >= 11 is 12.6. The van der Waals surface area contributed by atoms with Crippen molar-refractivity contribution in [3.63, 3.8) is 0 Å². The molecule has 1 aliphatic rings. The summed E-state index contributed by atoms with van der Waals surface area (Å²) in [5.74, 6) is -3.46. The molecule has 2 amide bonds. The van der Waals surface area contributed by atoms with Crippen molar-refractivity contribution in [3.8, 4) is 22.6 Å². The Balaban J connectivity index is 1.77. The van der Waals surface area contributed by atoms with Crippen LogP contribution in [0.4, 0.5) is 4.39 Å². The highest BCUT2D eigenvalue weighted by Gasteiger charge is 2.49. The summed E-state index contributed by atoms with van der Waals surface area (Å²) in [5.41, 5.74) is -1.31. The third-order valence-electron chi connectivity index (χ3n) is 5.82. The van der Waals surface area contributed by atoms with Gasteiger partial charge in [0, 0.05) is 17.2 Å². The third kappa shape index (κ3) is 5.15. The third-order valence-corrected chi connectivity index (χ3v) is 7.44. The Labute approximate surface area is 222 Å². The summed E-state index contributed by atoms with van der Waals surface area (Å²) in [6.07, 6.45) is 0. The van der Waals surface area contributed by atoms with Crippen LogP contribution in [0.2, 0.25) is 10.0 Å². The lowest BCUT2D eigenvalue weighted by atomic mass is 10.0. The molecule has 0 aliphatic carbocycles. The topological polar surface area (TPSA) is 110 Å². The summed E-state index contributed by atoms with van der Waals surface area (Å²) in [4.78, 5) is 26.9. The molecular weight excluding hydrogens is 548 g/mol. The second kappa shape index (κ2) is 9.94. The van der Waals surface area contributed by atoms with Gasteiger partial charge in [0.05, 0.1) is 33.8 Å². The van der Waals surface area contributed by atoms with Crippen molar-refractivity contribution in [2.45, 2.75) is 12.5 Å². The molecular formula is C25H20Cl2FNO7S. The number of rotatable bonds is 8. The molecule has 194 valence electrons. The van der Waals surface area contributed by atoms with Gasteiger partial charge in [-0.3, -0.25) is 19.0 Å². The number of ether oxygens (including phenoxy) is 2. The van der Waals surface area contributed by atoms with Crippen LogP contribution >= 0.6 is 23.2 Å². The summed E-state index contributed by atoms with van der Waals surface area (Å²) in [7, 11) is -3.41. The zero-order valence-electron chi connectivity index (χ0n) is 19.5. The van der Waals surface area contributed by atoms with Crippen molar-refractivity contribution < 1.29 is 36.4 Å². The van der Waals surface area contributed by atoms with E-state index in [9.17, 15) is 27.0 Å². The second-order valence-corrected chi connectivity index (χ2v) is 10.9. The Morgan fingerprint density at radius 3 is 2.05 bits per heavy atom. The fourth-order valence-electron chi connectivity index (χ4n) is 4.30. The smallest absolute Gasteiger partial charge is 0.267 e. The van der Waals surface area contributed by atoms with Crippen LogP contribution in [-0.4, -0.2) is 54.7 Å². The summed E-state index contributed by atoms with van der Waals surface area (Å²) in [6, 6.07) is 12.8. The van der Waals surface area contributed by atoms with Crippen molar-refractivity contribution >= 4 is 45.1 Å². The van der Waals surface area contributed by atoms with Gasteiger partial charge in [0.1, 0.15) is 18.2 Å². The van der Waals surface area contributed by atoms with Gasteiger partial charge in [-0.1, -0.05) is 41.4 Å². The summed E-state index contributed by atoms with van der Waals surface area (Å²) in [6.45, 7) is 0.633. The first-order valence-corrected chi connectivity index (χ1v) is 13.1. The van der Waals surface area contributed by atoms with Gasteiger partial charge < -0.3 is 9.47 Å². The second-order valence-electron chi connectivity index (χ2n) is 8.58. The van der Waals surface area contributed by atoms with E-state index >= 15 is 0 Å². The van der Waals surface area contributed by atoms with Crippen LogP contribution in [0.5, 0.6) is 11.5 Å². The summed E-state index contributed by atoms with van der Waals surface area (Å²) in [5, 5.41) is 0.425. The maximum Gasteiger partial charge on any atom is 0.267 e.